The van der Waals surface area contributed by atoms with Crippen molar-refractivity contribution in [3.8, 4) is 6.07 Å². The lowest BCUT2D eigenvalue weighted by atomic mass is 10.2. The number of aromatic amines is 1. The lowest BCUT2D eigenvalue weighted by Gasteiger charge is -2.15. The maximum Gasteiger partial charge on any atom is 0.216 e. The lowest BCUT2D eigenvalue weighted by molar-refractivity contribution is 0.538. The first-order valence-corrected chi connectivity index (χ1v) is 8.17. The second-order valence-corrected chi connectivity index (χ2v) is 6.37. The molecule has 0 spiro atoms. The Morgan fingerprint density at radius 3 is 2.62 bits per heavy atom. The molecule has 6 nitrogen and oxygen atoms in total. The fraction of sp³-hybridized carbons (Fsp3) is 0.286. The van der Waals surface area contributed by atoms with Crippen LogP contribution in [-0.4, -0.2) is 18.4 Å². The Labute approximate surface area is 123 Å². The summed E-state index contributed by atoms with van der Waals surface area (Å²) in [7, 11) is -3.48. The predicted molar refractivity (Wildman–Crippen MR) is 78.5 cm³/mol. The summed E-state index contributed by atoms with van der Waals surface area (Å²) < 4.78 is 27.0. The van der Waals surface area contributed by atoms with Crippen LogP contribution >= 0.6 is 0 Å². The average molecular weight is 304 g/mol. The number of hydrogen-bond acceptors (Lipinski definition) is 4. The van der Waals surface area contributed by atoms with Gasteiger partial charge in [-0.3, -0.25) is 0 Å². The molecule has 0 amide bonds. The summed E-state index contributed by atoms with van der Waals surface area (Å²) >= 11 is 0. The van der Waals surface area contributed by atoms with Crippen LogP contribution in [0.25, 0.3) is 0 Å². The molecule has 0 aliphatic rings. The van der Waals surface area contributed by atoms with E-state index >= 15 is 0 Å². The van der Waals surface area contributed by atoms with Crippen LogP contribution in [0.4, 0.5) is 0 Å². The molecule has 0 aliphatic carbocycles. The number of hydrogen-bond donors (Lipinski definition) is 2. The normalized spacial score (nSPS) is 12.8. The number of nitriles is 1. The fourth-order valence-corrected chi connectivity index (χ4v) is 3.38. The van der Waals surface area contributed by atoms with E-state index in [1.165, 1.54) is 0 Å². The molecule has 0 saturated carbocycles. The molecule has 1 atom stereocenters. The van der Waals surface area contributed by atoms with E-state index in [0.717, 1.165) is 0 Å². The van der Waals surface area contributed by atoms with Gasteiger partial charge in [0.2, 0.25) is 10.0 Å². The van der Waals surface area contributed by atoms with Gasteiger partial charge in [-0.2, -0.15) is 5.26 Å². The monoisotopic (exact) mass is 304 g/mol. The van der Waals surface area contributed by atoms with Gasteiger partial charge in [0, 0.05) is 12.4 Å². The van der Waals surface area contributed by atoms with Gasteiger partial charge in [-0.25, -0.2) is 18.1 Å². The van der Waals surface area contributed by atoms with E-state index in [1.807, 2.05) is 13.0 Å². The molecule has 0 saturated heterocycles. The van der Waals surface area contributed by atoms with E-state index in [1.54, 1.807) is 36.7 Å². The Kier molecular flexibility index (Phi) is 4.73. The number of H-pyrrole nitrogens is 1. The Morgan fingerprint density at radius 1 is 1.38 bits per heavy atom. The van der Waals surface area contributed by atoms with Crippen molar-refractivity contribution in [1.29, 1.82) is 5.26 Å². The van der Waals surface area contributed by atoms with E-state index in [4.69, 9.17) is 5.26 Å². The zero-order valence-electron chi connectivity index (χ0n) is 11.6. The summed E-state index contributed by atoms with van der Waals surface area (Å²) in [6.07, 6.45) is 3.85. The summed E-state index contributed by atoms with van der Waals surface area (Å²) in [4.78, 5) is 7.00. The molecular weight excluding hydrogens is 288 g/mol. The second-order valence-electron chi connectivity index (χ2n) is 4.62. The molecule has 2 aromatic rings. The first kappa shape index (κ1) is 15.2. The van der Waals surface area contributed by atoms with Crippen LogP contribution in [0.5, 0.6) is 0 Å². The highest BCUT2D eigenvalue weighted by Gasteiger charge is 2.20. The minimum Gasteiger partial charge on any atom is -0.347 e. The molecule has 7 heteroatoms. The predicted octanol–water partition coefficient (Wildman–Crippen LogP) is 1.85. The lowest BCUT2D eigenvalue weighted by Crippen LogP contribution is -2.30. The second kappa shape index (κ2) is 6.52. The molecule has 1 unspecified atom stereocenters. The third-order valence-electron chi connectivity index (χ3n) is 3.02. The fourth-order valence-electron chi connectivity index (χ4n) is 1.95. The number of rotatable bonds is 6. The number of sulfonamides is 1. The van der Waals surface area contributed by atoms with E-state index in [0.29, 0.717) is 23.4 Å². The maximum atomic E-state index is 12.2. The number of nitrogens with one attached hydrogen (secondary N) is 2. The van der Waals surface area contributed by atoms with Gasteiger partial charge in [0.1, 0.15) is 5.82 Å². The van der Waals surface area contributed by atoms with Gasteiger partial charge in [0.15, 0.2) is 0 Å². The molecule has 0 radical (unpaired) electrons. The first-order chi connectivity index (χ1) is 10.0. The number of aromatic nitrogens is 2. The summed E-state index contributed by atoms with van der Waals surface area (Å²) in [5, 5.41) is 8.73. The highest BCUT2D eigenvalue weighted by Crippen LogP contribution is 2.15. The Hall–Kier alpha value is -2.17. The van der Waals surface area contributed by atoms with Gasteiger partial charge in [0.25, 0.3) is 0 Å². The SMILES string of the molecule is CCC(NS(=O)(=O)Cc1ccc(C#N)cc1)c1ncc[nH]1. The van der Waals surface area contributed by atoms with Gasteiger partial charge < -0.3 is 4.98 Å². The molecule has 2 rings (SSSR count). The third-order valence-corrected chi connectivity index (χ3v) is 4.38. The van der Waals surface area contributed by atoms with Gasteiger partial charge in [0.05, 0.1) is 23.4 Å². The van der Waals surface area contributed by atoms with Crippen molar-refractivity contribution in [2.45, 2.75) is 25.1 Å². The van der Waals surface area contributed by atoms with Crippen molar-refractivity contribution in [2.24, 2.45) is 0 Å². The summed E-state index contributed by atoms with van der Waals surface area (Å²) in [6.45, 7) is 1.89. The molecule has 0 aliphatic heterocycles. The van der Waals surface area contributed by atoms with Crippen molar-refractivity contribution in [3.05, 3.63) is 53.6 Å². The zero-order valence-corrected chi connectivity index (χ0v) is 12.4. The highest BCUT2D eigenvalue weighted by atomic mass is 32.2. The molecule has 1 aromatic carbocycles. The van der Waals surface area contributed by atoms with Crippen molar-refractivity contribution < 1.29 is 8.42 Å². The van der Waals surface area contributed by atoms with Crippen LogP contribution in [0.1, 0.15) is 36.3 Å². The summed E-state index contributed by atoms with van der Waals surface area (Å²) in [5.74, 6) is 0.469. The van der Waals surface area contributed by atoms with Crippen LogP contribution in [0.15, 0.2) is 36.7 Å². The molecule has 110 valence electrons. The third kappa shape index (κ3) is 4.15. The van der Waals surface area contributed by atoms with Crippen LogP contribution in [0.3, 0.4) is 0 Å². The number of benzene rings is 1. The largest absolute Gasteiger partial charge is 0.347 e. The van der Waals surface area contributed by atoms with Gasteiger partial charge in [-0.05, 0) is 24.1 Å². The maximum absolute atomic E-state index is 12.2. The van der Waals surface area contributed by atoms with Crippen molar-refractivity contribution in [2.75, 3.05) is 0 Å². The average Bonchev–Trinajstić information content (AvgIpc) is 2.99. The molecule has 2 N–H and O–H groups in total. The van der Waals surface area contributed by atoms with Crippen LogP contribution < -0.4 is 4.72 Å². The number of imidazole rings is 1. The molecule has 21 heavy (non-hydrogen) atoms. The van der Waals surface area contributed by atoms with E-state index in [2.05, 4.69) is 14.7 Å². The number of nitrogens with zero attached hydrogens (tertiary/aromatic N) is 2. The minimum absolute atomic E-state index is 0.129. The van der Waals surface area contributed by atoms with E-state index < -0.39 is 10.0 Å². The van der Waals surface area contributed by atoms with Crippen molar-refractivity contribution >= 4 is 10.0 Å². The van der Waals surface area contributed by atoms with Crippen LogP contribution in [0.2, 0.25) is 0 Å². The smallest absolute Gasteiger partial charge is 0.216 e. The van der Waals surface area contributed by atoms with Crippen LogP contribution in [0, 0.1) is 11.3 Å². The Morgan fingerprint density at radius 2 is 2.10 bits per heavy atom. The molecule has 1 aromatic heterocycles. The minimum atomic E-state index is -3.48. The van der Waals surface area contributed by atoms with E-state index in [9.17, 15) is 8.42 Å². The molecule has 1 heterocycles. The van der Waals surface area contributed by atoms with Crippen molar-refractivity contribution in [3.63, 3.8) is 0 Å². The molecular formula is C14H16N4O2S. The Bertz CT molecular complexity index is 715. The topological polar surface area (TPSA) is 98.6 Å². The quantitative estimate of drug-likeness (QED) is 0.850. The summed E-state index contributed by atoms with van der Waals surface area (Å²) in [6, 6.07) is 8.13. The molecule has 0 fully saturated rings. The van der Waals surface area contributed by atoms with Crippen LogP contribution in [-0.2, 0) is 15.8 Å². The molecule has 0 bridgehead atoms. The van der Waals surface area contributed by atoms with Gasteiger partial charge >= 0.3 is 0 Å². The van der Waals surface area contributed by atoms with E-state index in [-0.39, 0.29) is 11.8 Å². The zero-order chi connectivity index (χ0) is 15.3. The first-order valence-electron chi connectivity index (χ1n) is 6.52. The summed E-state index contributed by atoms with van der Waals surface area (Å²) in [5.41, 5.74) is 1.14. The van der Waals surface area contributed by atoms with Crippen molar-refractivity contribution in [1.82, 2.24) is 14.7 Å². The van der Waals surface area contributed by atoms with Gasteiger partial charge in [-0.1, -0.05) is 19.1 Å². The van der Waals surface area contributed by atoms with Gasteiger partial charge in [-0.15, -0.1) is 0 Å². The highest BCUT2D eigenvalue weighted by molar-refractivity contribution is 7.88. The standard InChI is InChI=1S/C14H16N4O2S/c1-2-13(14-16-7-8-17-14)18-21(19,20)10-12-5-3-11(9-15)4-6-12/h3-8,13,18H,2,10H2,1H3,(H,16,17). The Balaban J connectivity index is 2.09.